The lowest BCUT2D eigenvalue weighted by Crippen LogP contribution is -2.22. The van der Waals surface area contributed by atoms with Gasteiger partial charge in [-0.05, 0) is 35.4 Å². The Kier molecular flexibility index (Phi) is 3.87. The van der Waals surface area contributed by atoms with Crippen molar-refractivity contribution in [3.8, 4) is 11.1 Å². The second-order valence-electron chi connectivity index (χ2n) is 5.76. The predicted molar refractivity (Wildman–Crippen MR) is 96.3 cm³/mol. The smallest absolute Gasteiger partial charge is 0.225 e. The Labute approximate surface area is 147 Å². The molecule has 0 aliphatic carbocycles. The van der Waals surface area contributed by atoms with Crippen LogP contribution in [0.2, 0.25) is 5.02 Å². The first kappa shape index (κ1) is 15.4. The average Bonchev–Trinajstić information content (AvgIpc) is 2.98. The van der Waals surface area contributed by atoms with Gasteiger partial charge in [-0.1, -0.05) is 35.9 Å². The third-order valence-corrected chi connectivity index (χ3v) is 5.53. The summed E-state index contributed by atoms with van der Waals surface area (Å²) >= 11 is 7.72. The number of carbonyl (C=O) groups excluding carboxylic acids is 1. The summed E-state index contributed by atoms with van der Waals surface area (Å²) in [5, 5.41) is 5.66. The van der Waals surface area contributed by atoms with Crippen molar-refractivity contribution in [1.82, 2.24) is 0 Å². The van der Waals surface area contributed by atoms with Gasteiger partial charge in [0, 0.05) is 33.2 Å². The highest BCUT2D eigenvalue weighted by Gasteiger charge is 2.30. The first-order chi connectivity index (χ1) is 11.6. The molecule has 0 unspecified atom stereocenters. The van der Waals surface area contributed by atoms with E-state index in [1.165, 1.54) is 12.1 Å². The lowest BCUT2D eigenvalue weighted by atomic mass is 9.89. The summed E-state index contributed by atoms with van der Waals surface area (Å²) in [5.41, 5.74) is 3.68. The fourth-order valence-electron chi connectivity index (χ4n) is 3.06. The topological polar surface area (TPSA) is 29.1 Å². The minimum absolute atomic E-state index is 0.00773. The Hall–Kier alpha value is -2.17. The Balaban J connectivity index is 1.81. The molecule has 2 heterocycles. The molecule has 24 heavy (non-hydrogen) atoms. The lowest BCUT2D eigenvalue weighted by molar-refractivity contribution is -0.116. The van der Waals surface area contributed by atoms with Crippen molar-refractivity contribution in [3.63, 3.8) is 0 Å². The Bertz CT molecular complexity index is 919. The Morgan fingerprint density at radius 2 is 1.96 bits per heavy atom. The number of thiophene rings is 1. The van der Waals surface area contributed by atoms with E-state index in [1.54, 1.807) is 23.5 Å². The molecule has 3 aromatic rings. The van der Waals surface area contributed by atoms with Gasteiger partial charge < -0.3 is 5.32 Å². The molecule has 1 atom stereocenters. The van der Waals surface area contributed by atoms with Gasteiger partial charge in [0.2, 0.25) is 5.91 Å². The molecule has 0 bridgehead atoms. The summed E-state index contributed by atoms with van der Waals surface area (Å²) in [6.07, 6.45) is 0.400. The number of anilines is 1. The summed E-state index contributed by atoms with van der Waals surface area (Å²) in [4.78, 5) is 13.3. The molecule has 0 fully saturated rings. The normalized spacial score (nSPS) is 16.6. The average molecular weight is 358 g/mol. The molecule has 0 saturated heterocycles. The molecule has 0 radical (unpaired) electrons. The predicted octanol–water partition coefficient (Wildman–Crippen LogP) is 5.68. The fourth-order valence-corrected chi connectivity index (χ4v) is 4.42. The van der Waals surface area contributed by atoms with Gasteiger partial charge in [-0.15, -0.1) is 11.3 Å². The number of carbonyl (C=O) groups is 1. The highest BCUT2D eigenvalue weighted by atomic mass is 35.5. The van der Waals surface area contributed by atoms with Crippen molar-refractivity contribution < 1.29 is 9.18 Å². The quantitative estimate of drug-likeness (QED) is 0.628. The SMILES string of the molecule is O=C1C[C@@H](c2cccc(Cl)c2)c2scc(-c3ccc(F)cc3)c2N1. The molecule has 1 aliphatic heterocycles. The van der Waals surface area contributed by atoms with Gasteiger partial charge in [0.15, 0.2) is 0 Å². The van der Waals surface area contributed by atoms with Crippen molar-refractivity contribution in [2.24, 2.45) is 0 Å². The number of halogens is 2. The zero-order chi connectivity index (χ0) is 16.7. The van der Waals surface area contributed by atoms with Gasteiger partial charge in [-0.3, -0.25) is 4.79 Å². The molecule has 0 saturated carbocycles. The molecule has 0 spiro atoms. The summed E-state index contributed by atoms with van der Waals surface area (Å²) in [7, 11) is 0. The maximum atomic E-state index is 13.2. The van der Waals surface area contributed by atoms with Crippen LogP contribution in [0.15, 0.2) is 53.9 Å². The van der Waals surface area contributed by atoms with E-state index >= 15 is 0 Å². The van der Waals surface area contributed by atoms with Crippen molar-refractivity contribution in [2.45, 2.75) is 12.3 Å². The molecule has 1 N–H and O–H groups in total. The maximum Gasteiger partial charge on any atom is 0.225 e. The lowest BCUT2D eigenvalue weighted by Gasteiger charge is -2.24. The highest BCUT2D eigenvalue weighted by Crippen LogP contribution is 2.46. The van der Waals surface area contributed by atoms with Crippen molar-refractivity contribution in [1.29, 1.82) is 0 Å². The van der Waals surface area contributed by atoms with E-state index in [0.29, 0.717) is 11.4 Å². The van der Waals surface area contributed by atoms with Crippen LogP contribution >= 0.6 is 22.9 Å². The number of amides is 1. The monoisotopic (exact) mass is 357 g/mol. The molecule has 2 aromatic carbocycles. The van der Waals surface area contributed by atoms with Gasteiger partial charge in [0.1, 0.15) is 5.82 Å². The first-order valence-corrected chi connectivity index (χ1v) is 8.80. The minimum Gasteiger partial charge on any atom is -0.325 e. The zero-order valence-electron chi connectivity index (χ0n) is 12.6. The number of fused-ring (bicyclic) bond motifs is 1. The number of nitrogens with one attached hydrogen (secondary N) is 1. The maximum absolute atomic E-state index is 13.2. The molecule has 4 rings (SSSR count). The second-order valence-corrected chi connectivity index (χ2v) is 7.10. The van der Waals surface area contributed by atoms with E-state index in [-0.39, 0.29) is 17.6 Å². The molecule has 120 valence electrons. The molecule has 1 aromatic heterocycles. The molecular formula is C19H13ClFNOS. The largest absolute Gasteiger partial charge is 0.325 e. The third kappa shape index (κ3) is 2.72. The molecule has 2 nitrogen and oxygen atoms in total. The van der Waals surface area contributed by atoms with Crippen LogP contribution in [-0.2, 0) is 4.79 Å². The summed E-state index contributed by atoms with van der Waals surface area (Å²) in [5.74, 6) is -0.301. The Morgan fingerprint density at radius 1 is 1.17 bits per heavy atom. The van der Waals surface area contributed by atoms with Crippen molar-refractivity contribution in [2.75, 3.05) is 5.32 Å². The Morgan fingerprint density at radius 3 is 2.71 bits per heavy atom. The summed E-state index contributed by atoms with van der Waals surface area (Å²) < 4.78 is 13.2. The van der Waals surface area contributed by atoms with Crippen LogP contribution in [0, 0.1) is 5.82 Å². The summed E-state index contributed by atoms with van der Waals surface area (Å²) in [6, 6.07) is 13.9. The van der Waals surface area contributed by atoms with Crippen molar-refractivity contribution in [3.05, 3.63) is 75.2 Å². The third-order valence-electron chi connectivity index (χ3n) is 4.20. The van der Waals surface area contributed by atoms with E-state index in [4.69, 9.17) is 11.6 Å². The van der Waals surface area contributed by atoms with Crippen molar-refractivity contribution >= 4 is 34.5 Å². The summed E-state index contributed by atoms with van der Waals surface area (Å²) in [6.45, 7) is 0. The van der Waals surface area contributed by atoms with Crippen LogP contribution in [0.3, 0.4) is 0 Å². The number of hydrogen-bond donors (Lipinski definition) is 1. The first-order valence-electron chi connectivity index (χ1n) is 7.54. The van der Waals surface area contributed by atoms with Crippen LogP contribution in [0.1, 0.15) is 22.8 Å². The minimum atomic E-state index is -0.274. The van der Waals surface area contributed by atoms with E-state index in [0.717, 1.165) is 27.3 Å². The van der Waals surface area contributed by atoms with Crippen LogP contribution < -0.4 is 5.32 Å². The molecular weight excluding hydrogens is 345 g/mol. The van der Waals surface area contributed by atoms with Crippen LogP contribution in [0.25, 0.3) is 11.1 Å². The standard InChI is InChI=1S/C19H13ClFNOS/c20-13-3-1-2-12(8-13)15-9-17(23)22-18-16(10-24-19(15)18)11-4-6-14(21)7-5-11/h1-8,10,15H,9H2,(H,22,23)/t15-/m0/s1. The van der Waals surface area contributed by atoms with E-state index in [1.807, 2.05) is 29.6 Å². The highest BCUT2D eigenvalue weighted by molar-refractivity contribution is 7.11. The van der Waals surface area contributed by atoms with Crippen LogP contribution in [0.5, 0.6) is 0 Å². The van der Waals surface area contributed by atoms with Gasteiger partial charge in [-0.2, -0.15) is 0 Å². The van der Waals surface area contributed by atoms with E-state index < -0.39 is 0 Å². The van der Waals surface area contributed by atoms with E-state index in [9.17, 15) is 9.18 Å². The van der Waals surface area contributed by atoms with E-state index in [2.05, 4.69) is 5.32 Å². The van der Waals surface area contributed by atoms with Gasteiger partial charge in [0.25, 0.3) is 0 Å². The van der Waals surface area contributed by atoms with Crippen LogP contribution in [0.4, 0.5) is 10.1 Å². The number of hydrogen-bond acceptors (Lipinski definition) is 2. The second kappa shape index (κ2) is 6.04. The molecule has 5 heteroatoms. The van der Waals surface area contributed by atoms with Gasteiger partial charge in [-0.25, -0.2) is 4.39 Å². The van der Waals surface area contributed by atoms with Gasteiger partial charge >= 0.3 is 0 Å². The van der Waals surface area contributed by atoms with Gasteiger partial charge in [0.05, 0.1) is 5.69 Å². The molecule has 1 aliphatic rings. The number of rotatable bonds is 2. The zero-order valence-corrected chi connectivity index (χ0v) is 14.1. The van der Waals surface area contributed by atoms with Crippen LogP contribution in [-0.4, -0.2) is 5.91 Å². The molecule has 1 amide bonds. The number of benzene rings is 2. The fraction of sp³-hybridized carbons (Fsp3) is 0.105.